The summed E-state index contributed by atoms with van der Waals surface area (Å²) in [6.07, 6.45) is -5.39. The molecule has 2 N–H and O–H groups in total. The Labute approximate surface area is 102 Å². The summed E-state index contributed by atoms with van der Waals surface area (Å²) >= 11 is 0. The van der Waals surface area contributed by atoms with Crippen molar-refractivity contribution >= 4 is 11.8 Å². The molecule has 0 radical (unpaired) electrons. The number of halogens is 3. The lowest BCUT2D eigenvalue weighted by molar-refractivity contribution is -0.138. The molecule has 0 aliphatic rings. The van der Waals surface area contributed by atoms with Gasteiger partial charge in [-0.3, -0.25) is 5.32 Å². The number of aromatic nitrogens is 2. The van der Waals surface area contributed by atoms with Crippen molar-refractivity contribution in [2.75, 3.05) is 5.32 Å². The number of carbonyl (C=O) groups excluding carboxylic acids is 1. The molecule has 1 unspecified atom stereocenters. The van der Waals surface area contributed by atoms with Crippen LogP contribution in [0.1, 0.15) is 19.0 Å². The van der Waals surface area contributed by atoms with E-state index in [9.17, 15) is 18.0 Å². The van der Waals surface area contributed by atoms with Crippen LogP contribution in [-0.2, 0) is 0 Å². The van der Waals surface area contributed by atoms with Crippen LogP contribution in [0, 0.1) is 6.92 Å². The van der Waals surface area contributed by atoms with E-state index in [2.05, 4.69) is 20.8 Å². The number of nitrogens with one attached hydrogen (secondary N) is 2. The zero-order valence-corrected chi connectivity index (χ0v) is 9.88. The molecule has 0 aromatic carbocycles. The fourth-order valence-corrected chi connectivity index (χ4v) is 1.24. The molecular formula is C10H13F3N4O. The monoisotopic (exact) mass is 262 g/mol. The third-order valence-corrected chi connectivity index (χ3v) is 1.95. The van der Waals surface area contributed by atoms with Crippen molar-refractivity contribution < 1.29 is 18.0 Å². The summed E-state index contributed by atoms with van der Waals surface area (Å²) < 4.78 is 36.1. The smallest absolute Gasteiger partial charge is 0.335 e. The summed E-state index contributed by atoms with van der Waals surface area (Å²) in [6, 6.07) is 1.38. The minimum absolute atomic E-state index is 0.178. The standard InChI is InChI=1S/C10H13F3N4O/c1-6-3-4-8(17-16-6)15-9(18)14-7(2)5-10(11,12)13/h3-4,7H,5H2,1-2H3,(H2,14,15,17,18). The highest BCUT2D eigenvalue weighted by Crippen LogP contribution is 2.21. The highest BCUT2D eigenvalue weighted by Gasteiger charge is 2.30. The first-order valence-corrected chi connectivity index (χ1v) is 5.21. The number of rotatable bonds is 3. The van der Waals surface area contributed by atoms with Crippen LogP contribution in [0.5, 0.6) is 0 Å². The van der Waals surface area contributed by atoms with Crippen molar-refractivity contribution in [3.05, 3.63) is 17.8 Å². The zero-order valence-electron chi connectivity index (χ0n) is 9.88. The Morgan fingerprint density at radius 3 is 2.56 bits per heavy atom. The van der Waals surface area contributed by atoms with Crippen LogP contribution in [0.15, 0.2) is 12.1 Å². The molecule has 1 atom stereocenters. The molecule has 2 amide bonds. The second-order valence-electron chi connectivity index (χ2n) is 3.88. The number of carbonyl (C=O) groups is 1. The lowest BCUT2D eigenvalue weighted by Gasteiger charge is -2.15. The van der Waals surface area contributed by atoms with Gasteiger partial charge in [0.2, 0.25) is 0 Å². The summed E-state index contributed by atoms with van der Waals surface area (Å²) in [5, 5.41) is 11.8. The predicted octanol–water partition coefficient (Wildman–Crippen LogP) is 2.25. The molecule has 5 nitrogen and oxygen atoms in total. The highest BCUT2D eigenvalue weighted by molar-refractivity contribution is 5.88. The highest BCUT2D eigenvalue weighted by atomic mass is 19.4. The van der Waals surface area contributed by atoms with E-state index in [1.807, 2.05) is 0 Å². The van der Waals surface area contributed by atoms with E-state index in [1.165, 1.54) is 13.0 Å². The molecule has 0 bridgehead atoms. The topological polar surface area (TPSA) is 66.9 Å². The van der Waals surface area contributed by atoms with Gasteiger partial charge < -0.3 is 5.32 Å². The molecule has 100 valence electrons. The van der Waals surface area contributed by atoms with E-state index in [0.717, 1.165) is 0 Å². The molecule has 1 aromatic heterocycles. The Morgan fingerprint density at radius 1 is 1.39 bits per heavy atom. The number of nitrogens with zero attached hydrogens (tertiary/aromatic N) is 2. The number of hydrogen-bond acceptors (Lipinski definition) is 3. The van der Waals surface area contributed by atoms with Gasteiger partial charge in [0.25, 0.3) is 0 Å². The minimum Gasteiger partial charge on any atom is -0.335 e. The maximum absolute atomic E-state index is 12.0. The number of anilines is 1. The summed E-state index contributed by atoms with van der Waals surface area (Å²) in [6.45, 7) is 3.00. The zero-order chi connectivity index (χ0) is 13.8. The number of amides is 2. The van der Waals surface area contributed by atoms with Crippen LogP contribution < -0.4 is 10.6 Å². The van der Waals surface area contributed by atoms with Crippen LogP contribution in [0.2, 0.25) is 0 Å². The Balaban J connectivity index is 2.44. The molecule has 0 saturated carbocycles. The van der Waals surface area contributed by atoms with Gasteiger partial charge in [-0.2, -0.15) is 18.3 Å². The maximum Gasteiger partial charge on any atom is 0.391 e. The van der Waals surface area contributed by atoms with Crippen LogP contribution >= 0.6 is 0 Å². The first kappa shape index (κ1) is 14.2. The maximum atomic E-state index is 12.0. The van der Waals surface area contributed by atoms with E-state index >= 15 is 0 Å². The van der Waals surface area contributed by atoms with Gasteiger partial charge in [0.05, 0.1) is 12.1 Å². The summed E-state index contributed by atoms with van der Waals surface area (Å²) in [5.74, 6) is 0.178. The number of urea groups is 1. The van der Waals surface area contributed by atoms with Crippen LogP contribution in [-0.4, -0.2) is 28.4 Å². The van der Waals surface area contributed by atoms with E-state index in [0.29, 0.717) is 5.69 Å². The first-order chi connectivity index (χ1) is 8.26. The lowest BCUT2D eigenvalue weighted by atomic mass is 10.2. The first-order valence-electron chi connectivity index (χ1n) is 5.21. The van der Waals surface area contributed by atoms with Crippen molar-refractivity contribution in [3.8, 4) is 0 Å². The van der Waals surface area contributed by atoms with Gasteiger partial charge in [-0.15, -0.1) is 5.10 Å². The van der Waals surface area contributed by atoms with E-state index < -0.39 is 24.7 Å². The summed E-state index contributed by atoms with van der Waals surface area (Å²) in [5.41, 5.74) is 0.673. The van der Waals surface area contributed by atoms with Crippen molar-refractivity contribution in [2.45, 2.75) is 32.5 Å². The predicted molar refractivity (Wildman–Crippen MR) is 59.1 cm³/mol. The molecule has 1 aromatic rings. The molecule has 1 heterocycles. The lowest BCUT2D eigenvalue weighted by Crippen LogP contribution is -2.38. The second-order valence-corrected chi connectivity index (χ2v) is 3.88. The van der Waals surface area contributed by atoms with Gasteiger partial charge in [-0.25, -0.2) is 4.79 Å². The molecule has 0 saturated heterocycles. The van der Waals surface area contributed by atoms with Gasteiger partial charge in [-0.05, 0) is 26.0 Å². The van der Waals surface area contributed by atoms with Gasteiger partial charge in [-0.1, -0.05) is 0 Å². The van der Waals surface area contributed by atoms with Gasteiger partial charge in [0, 0.05) is 6.04 Å². The van der Waals surface area contributed by atoms with Crippen molar-refractivity contribution in [2.24, 2.45) is 0 Å². The molecule has 0 spiro atoms. The fourth-order valence-electron chi connectivity index (χ4n) is 1.24. The second kappa shape index (κ2) is 5.65. The van der Waals surface area contributed by atoms with Crippen molar-refractivity contribution in [3.63, 3.8) is 0 Å². The average Bonchev–Trinajstić information content (AvgIpc) is 2.18. The Kier molecular flexibility index (Phi) is 4.46. The third kappa shape index (κ3) is 5.46. The SMILES string of the molecule is Cc1ccc(NC(=O)NC(C)CC(F)(F)F)nn1. The van der Waals surface area contributed by atoms with Crippen molar-refractivity contribution in [1.82, 2.24) is 15.5 Å². The molecule has 0 aliphatic carbocycles. The minimum atomic E-state index is -4.31. The van der Waals surface area contributed by atoms with Crippen LogP contribution in [0.4, 0.5) is 23.8 Å². The molecule has 0 aliphatic heterocycles. The van der Waals surface area contributed by atoms with Gasteiger partial charge >= 0.3 is 12.2 Å². The Morgan fingerprint density at radius 2 is 2.06 bits per heavy atom. The Hall–Kier alpha value is -1.86. The molecular weight excluding hydrogens is 249 g/mol. The summed E-state index contributed by atoms with van der Waals surface area (Å²) in [4.78, 5) is 11.3. The van der Waals surface area contributed by atoms with Crippen molar-refractivity contribution in [1.29, 1.82) is 0 Å². The van der Waals surface area contributed by atoms with Crippen LogP contribution in [0.3, 0.4) is 0 Å². The third-order valence-electron chi connectivity index (χ3n) is 1.95. The van der Waals surface area contributed by atoms with Gasteiger partial charge in [0.1, 0.15) is 0 Å². The number of aryl methyl sites for hydroxylation is 1. The van der Waals surface area contributed by atoms with Crippen LogP contribution in [0.25, 0.3) is 0 Å². The molecule has 8 heteroatoms. The summed E-state index contributed by atoms with van der Waals surface area (Å²) in [7, 11) is 0. The quantitative estimate of drug-likeness (QED) is 0.877. The van der Waals surface area contributed by atoms with Gasteiger partial charge in [0.15, 0.2) is 5.82 Å². The normalized spacial score (nSPS) is 12.9. The fraction of sp³-hybridized carbons (Fsp3) is 0.500. The molecule has 1 rings (SSSR count). The molecule has 18 heavy (non-hydrogen) atoms. The van der Waals surface area contributed by atoms with E-state index in [4.69, 9.17) is 0 Å². The van der Waals surface area contributed by atoms with E-state index in [-0.39, 0.29) is 5.82 Å². The molecule has 0 fully saturated rings. The Bertz CT molecular complexity index is 405. The average molecular weight is 262 g/mol. The number of alkyl halides is 3. The number of hydrogen-bond donors (Lipinski definition) is 2. The largest absolute Gasteiger partial charge is 0.391 e. The van der Waals surface area contributed by atoms with E-state index in [1.54, 1.807) is 13.0 Å².